The molecule has 1 aliphatic rings. The molecule has 94 valence electrons. The lowest BCUT2D eigenvalue weighted by Crippen LogP contribution is -2.26. The molecule has 0 bridgehead atoms. The first kappa shape index (κ1) is 12.3. The summed E-state index contributed by atoms with van der Waals surface area (Å²) in [6.45, 7) is 4.48. The van der Waals surface area contributed by atoms with Crippen molar-refractivity contribution in [3.05, 3.63) is 18.1 Å². The summed E-state index contributed by atoms with van der Waals surface area (Å²) in [5.41, 5.74) is 1.11. The maximum atomic E-state index is 4.32. The maximum Gasteiger partial charge on any atom is 0.129 e. The van der Waals surface area contributed by atoms with Crippen LogP contribution in [-0.2, 0) is 6.42 Å². The van der Waals surface area contributed by atoms with Gasteiger partial charge in [-0.25, -0.2) is 9.97 Å². The molecule has 3 nitrogen and oxygen atoms in total. The van der Waals surface area contributed by atoms with Gasteiger partial charge in [-0.05, 0) is 25.2 Å². The maximum absolute atomic E-state index is 4.32. The van der Waals surface area contributed by atoms with Gasteiger partial charge in [-0.15, -0.1) is 0 Å². The van der Waals surface area contributed by atoms with Crippen LogP contribution >= 0.6 is 0 Å². The summed E-state index contributed by atoms with van der Waals surface area (Å²) in [7, 11) is 0. The van der Waals surface area contributed by atoms with E-state index in [9.17, 15) is 0 Å². The van der Waals surface area contributed by atoms with Crippen molar-refractivity contribution in [3.8, 4) is 0 Å². The second-order valence-corrected chi connectivity index (χ2v) is 5.11. The number of anilines is 1. The highest BCUT2D eigenvalue weighted by Gasteiger charge is 2.19. The van der Waals surface area contributed by atoms with Gasteiger partial charge in [0.25, 0.3) is 0 Å². The lowest BCUT2D eigenvalue weighted by molar-refractivity contribution is 0.455. The lowest BCUT2D eigenvalue weighted by Gasteiger charge is -2.23. The lowest BCUT2D eigenvalue weighted by atomic mass is 9.97. The molecule has 0 aromatic carbocycles. The second kappa shape index (κ2) is 5.99. The fourth-order valence-electron chi connectivity index (χ4n) is 2.57. The van der Waals surface area contributed by atoms with Gasteiger partial charge >= 0.3 is 0 Å². The van der Waals surface area contributed by atoms with Crippen molar-refractivity contribution in [1.82, 2.24) is 9.97 Å². The van der Waals surface area contributed by atoms with Crippen LogP contribution in [0.3, 0.4) is 0 Å². The zero-order chi connectivity index (χ0) is 12.1. The van der Waals surface area contributed by atoms with Gasteiger partial charge in [-0.1, -0.05) is 33.1 Å². The molecule has 1 aromatic heterocycles. The van der Waals surface area contributed by atoms with Crippen LogP contribution in [0, 0.1) is 5.92 Å². The topological polar surface area (TPSA) is 37.8 Å². The van der Waals surface area contributed by atoms with Crippen LogP contribution < -0.4 is 5.32 Å². The van der Waals surface area contributed by atoms with E-state index < -0.39 is 0 Å². The molecule has 1 saturated carbocycles. The van der Waals surface area contributed by atoms with Gasteiger partial charge in [0.15, 0.2) is 0 Å². The zero-order valence-corrected chi connectivity index (χ0v) is 10.9. The molecule has 1 fully saturated rings. The van der Waals surface area contributed by atoms with E-state index in [1.807, 2.05) is 0 Å². The monoisotopic (exact) mass is 233 g/mol. The van der Waals surface area contributed by atoms with Crippen LogP contribution in [0.1, 0.15) is 51.6 Å². The minimum atomic E-state index is 0.581. The van der Waals surface area contributed by atoms with Crippen molar-refractivity contribution in [2.24, 2.45) is 5.92 Å². The normalized spacial score (nSPS) is 25.3. The van der Waals surface area contributed by atoms with Crippen LogP contribution in [0.5, 0.6) is 0 Å². The molecule has 17 heavy (non-hydrogen) atoms. The number of aryl methyl sites for hydroxylation is 1. The molecule has 0 amide bonds. The molecule has 2 rings (SSSR count). The smallest absolute Gasteiger partial charge is 0.129 e. The van der Waals surface area contributed by atoms with Crippen molar-refractivity contribution < 1.29 is 0 Å². The Morgan fingerprint density at radius 2 is 2.06 bits per heavy atom. The Morgan fingerprint density at radius 1 is 1.24 bits per heavy atom. The summed E-state index contributed by atoms with van der Waals surface area (Å²) in [5, 5.41) is 3.59. The fourth-order valence-corrected chi connectivity index (χ4v) is 2.57. The highest BCUT2D eigenvalue weighted by molar-refractivity contribution is 5.36. The molecule has 1 aromatic rings. The van der Waals surface area contributed by atoms with Crippen molar-refractivity contribution in [2.45, 2.75) is 58.4 Å². The molecule has 0 radical (unpaired) electrons. The first-order chi connectivity index (χ1) is 8.29. The average Bonchev–Trinajstić information content (AvgIpc) is 2.55. The van der Waals surface area contributed by atoms with Crippen LogP contribution in [-0.4, -0.2) is 16.0 Å². The van der Waals surface area contributed by atoms with E-state index in [1.165, 1.54) is 32.1 Å². The van der Waals surface area contributed by atoms with Crippen LogP contribution in [0.2, 0.25) is 0 Å². The summed E-state index contributed by atoms with van der Waals surface area (Å²) >= 11 is 0. The minimum Gasteiger partial charge on any atom is -0.367 e. The SMILES string of the molecule is CCc1cc(NC2CCCCCC2C)ncn1. The Morgan fingerprint density at radius 3 is 2.88 bits per heavy atom. The van der Waals surface area contributed by atoms with Gasteiger partial charge in [0, 0.05) is 17.8 Å². The van der Waals surface area contributed by atoms with Gasteiger partial charge in [0.05, 0.1) is 0 Å². The third-order valence-corrected chi connectivity index (χ3v) is 3.78. The molecular weight excluding hydrogens is 210 g/mol. The van der Waals surface area contributed by atoms with Crippen molar-refractivity contribution in [3.63, 3.8) is 0 Å². The molecular formula is C14H23N3. The quantitative estimate of drug-likeness (QED) is 0.813. The summed E-state index contributed by atoms with van der Waals surface area (Å²) in [4.78, 5) is 8.56. The largest absolute Gasteiger partial charge is 0.367 e. The van der Waals surface area contributed by atoms with E-state index >= 15 is 0 Å². The predicted molar refractivity (Wildman–Crippen MR) is 71.1 cm³/mol. The molecule has 0 aliphatic heterocycles. The van der Waals surface area contributed by atoms with Crippen molar-refractivity contribution in [1.29, 1.82) is 0 Å². The highest BCUT2D eigenvalue weighted by Crippen LogP contribution is 2.25. The van der Waals surface area contributed by atoms with E-state index in [4.69, 9.17) is 0 Å². The van der Waals surface area contributed by atoms with Gasteiger partial charge in [-0.2, -0.15) is 0 Å². The third kappa shape index (κ3) is 3.42. The molecule has 1 aliphatic carbocycles. The Bertz CT molecular complexity index is 351. The predicted octanol–water partition coefficient (Wildman–Crippen LogP) is 3.42. The van der Waals surface area contributed by atoms with E-state index in [1.54, 1.807) is 6.33 Å². The number of nitrogens with one attached hydrogen (secondary N) is 1. The van der Waals surface area contributed by atoms with Crippen molar-refractivity contribution >= 4 is 5.82 Å². The Balaban J connectivity index is 2.02. The zero-order valence-electron chi connectivity index (χ0n) is 10.9. The standard InChI is InChI=1S/C14H23N3/c1-3-12-9-14(16-10-15-12)17-13-8-6-4-5-7-11(13)2/h9-11,13H,3-8H2,1-2H3,(H,15,16,17). The third-order valence-electron chi connectivity index (χ3n) is 3.78. The minimum absolute atomic E-state index is 0.581. The first-order valence-corrected chi connectivity index (χ1v) is 6.87. The summed E-state index contributed by atoms with van der Waals surface area (Å²) < 4.78 is 0. The summed E-state index contributed by atoms with van der Waals surface area (Å²) in [6, 6.07) is 2.66. The Labute approximate surface area is 104 Å². The van der Waals surface area contributed by atoms with Crippen LogP contribution in [0.25, 0.3) is 0 Å². The second-order valence-electron chi connectivity index (χ2n) is 5.11. The number of rotatable bonds is 3. The summed E-state index contributed by atoms with van der Waals surface area (Å²) in [5.74, 6) is 1.74. The van der Waals surface area contributed by atoms with Gasteiger partial charge in [0.2, 0.25) is 0 Å². The fraction of sp³-hybridized carbons (Fsp3) is 0.714. The summed E-state index contributed by atoms with van der Waals surface area (Å²) in [6.07, 6.45) is 9.35. The number of aromatic nitrogens is 2. The number of hydrogen-bond donors (Lipinski definition) is 1. The molecule has 0 spiro atoms. The molecule has 1 N–H and O–H groups in total. The van der Waals surface area contributed by atoms with E-state index in [0.29, 0.717) is 6.04 Å². The molecule has 2 atom stereocenters. The molecule has 3 heteroatoms. The number of hydrogen-bond acceptors (Lipinski definition) is 3. The molecule has 2 unspecified atom stereocenters. The molecule has 1 heterocycles. The van der Waals surface area contributed by atoms with E-state index in [0.717, 1.165) is 23.9 Å². The Hall–Kier alpha value is -1.12. The molecule has 0 saturated heterocycles. The highest BCUT2D eigenvalue weighted by atomic mass is 15.0. The number of nitrogens with zero attached hydrogens (tertiary/aromatic N) is 2. The Kier molecular flexibility index (Phi) is 4.35. The van der Waals surface area contributed by atoms with Gasteiger partial charge in [0.1, 0.15) is 12.1 Å². The van der Waals surface area contributed by atoms with Crippen LogP contribution in [0.4, 0.5) is 5.82 Å². The van der Waals surface area contributed by atoms with Gasteiger partial charge in [-0.3, -0.25) is 0 Å². The van der Waals surface area contributed by atoms with E-state index in [2.05, 4.69) is 35.2 Å². The van der Waals surface area contributed by atoms with Gasteiger partial charge < -0.3 is 5.32 Å². The van der Waals surface area contributed by atoms with Crippen LogP contribution in [0.15, 0.2) is 12.4 Å². The van der Waals surface area contributed by atoms with Crippen molar-refractivity contribution in [2.75, 3.05) is 5.32 Å². The first-order valence-electron chi connectivity index (χ1n) is 6.87. The average molecular weight is 233 g/mol. The van der Waals surface area contributed by atoms with E-state index in [-0.39, 0.29) is 0 Å².